The molecule has 0 atom stereocenters. The lowest BCUT2D eigenvalue weighted by molar-refractivity contribution is -0.384. The lowest BCUT2D eigenvalue weighted by Gasteiger charge is -2.25. The van der Waals surface area contributed by atoms with Gasteiger partial charge in [0.05, 0.1) is 9.46 Å². The van der Waals surface area contributed by atoms with E-state index in [1.807, 2.05) is 23.1 Å². The maximum absolute atomic E-state index is 12.7. The highest BCUT2D eigenvalue weighted by Gasteiger charge is 2.16. The highest BCUT2D eigenvalue weighted by Crippen LogP contribution is 2.20. The van der Waals surface area contributed by atoms with Gasteiger partial charge < -0.3 is 4.90 Å². The number of fused-ring (bicyclic) bond motifs is 1. The van der Waals surface area contributed by atoms with Crippen molar-refractivity contribution in [2.45, 2.75) is 6.67 Å². The maximum atomic E-state index is 12.7. The Morgan fingerprint density at radius 2 is 1.85 bits per heavy atom. The topological polar surface area (TPSA) is 80.7 Å². The van der Waals surface area contributed by atoms with Gasteiger partial charge in [0.1, 0.15) is 13.3 Å². The van der Waals surface area contributed by atoms with Gasteiger partial charge in [-0.05, 0) is 35.9 Å². The zero-order chi connectivity index (χ0) is 19.0. The first-order valence-electron chi connectivity index (χ1n) is 8.02. The normalized spacial score (nSPS) is 14.0. The summed E-state index contributed by atoms with van der Waals surface area (Å²) in [7, 11) is 0. The summed E-state index contributed by atoms with van der Waals surface area (Å²) in [5, 5.41) is 11.4. The van der Waals surface area contributed by atoms with E-state index >= 15 is 0 Å². The number of hydrogen-bond donors (Lipinski definition) is 0. The first kappa shape index (κ1) is 17.4. The minimum atomic E-state index is -0.440. The minimum Gasteiger partial charge on any atom is -0.334 e. The van der Waals surface area contributed by atoms with Gasteiger partial charge in [-0.3, -0.25) is 19.5 Å². The van der Waals surface area contributed by atoms with Gasteiger partial charge in [-0.2, -0.15) is 0 Å². The number of non-ortho nitro benzene ring substituents is 1. The van der Waals surface area contributed by atoms with E-state index in [0.717, 1.165) is 11.3 Å². The zero-order valence-corrected chi connectivity index (χ0v) is 15.5. The van der Waals surface area contributed by atoms with E-state index in [4.69, 9.17) is 11.6 Å². The van der Waals surface area contributed by atoms with Gasteiger partial charge in [0.15, 0.2) is 4.80 Å². The summed E-state index contributed by atoms with van der Waals surface area (Å²) < 4.78 is 2.21. The van der Waals surface area contributed by atoms with Crippen LogP contribution in [-0.2, 0) is 6.67 Å². The summed E-state index contributed by atoms with van der Waals surface area (Å²) >= 11 is 7.24. The first-order valence-corrected chi connectivity index (χ1v) is 9.21. The molecule has 3 aromatic rings. The molecule has 136 valence electrons. The second-order valence-corrected chi connectivity index (χ2v) is 7.38. The molecule has 7 nitrogen and oxygen atoms in total. The van der Waals surface area contributed by atoms with Crippen molar-refractivity contribution in [2.75, 3.05) is 11.6 Å². The number of hydrogen-bond acceptors (Lipinski definition) is 6. The van der Waals surface area contributed by atoms with Crippen molar-refractivity contribution in [3.63, 3.8) is 0 Å². The molecule has 4 rings (SSSR count). The van der Waals surface area contributed by atoms with Crippen molar-refractivity contribution in [3.8, 4) is 0 Å². The molecule has 2 heterocycles. The quantitative estimate of drug-likeness (QED) is 0.499. The van der Waals surface area contributed by atoms with Gasteiger partial charge in [-0.15, -0.1) is 0 Å². The molecule has 0 aliphatic carbocycles. The Bertz CT molecular complexity index is 1180. The number of thiazole rings is 1. The SMILES string of the molecule is O=c1c(=Cc2ccc(Cl)cc2)sc2n1CN(c1ccc([N+](=O)[O-])cc1)CN=2. The van der Waals surface area contributed by atoms with Crippen LogP contribution in [0.5, 0.6) is 0 Å². The Kier molecular flexibility index (Phi) is 4.51. The molecule has 1 aliphatic rings. The zero-order valence-electron chi connectivity index (χ0n) is 13.9. The maximum Gasteiger partial charge on any atom is 0.271 e. The molecule has 0 amide bonds. The standard InChI is InChI=1S/C18H13ClN4O3S/c19-13-3-1-12(2-4-13)9-16-17(24)22-11-21(10-20-18(22)27-16)14-5-7-15(8-6-14)23(25)26/h1-9H,10-11H2. The van der Waals surface area contributed by atoms with E-state index < -0.39 is 4.92 Å². The predicted molar refractivity (Wildman–Crippen MR) is 105 cm³/mol. The van der Waals surface area contributed by atoms with E-state index in [1.54, 1.807) is 28.8 Å². The van der Waals surface area contributed by atoms with E-state index in [9.17, 15) is 14.9 Å². The Morgan fingerprint density at radius 3 is 2.52 bits per heavy atom. The van der Waals surface area contributed by atoms with Gasteiger partial charge in [-0.25, -0.2) is 4.99 Å². The molecule has 1 aromatic heterocycles. The number of nitro groups is 1. The van der Waals surface area contributed by atoms with Crippen LogP contribution in [0, 0.1) is 10.1 Å². The van der Waals surface area contributed by atoms with Gasteiger partial charge in [0, 0.05) is 22.8 Å². The van der Waals surface area contributed by atoms with Crippen molar-refractivity contribution >= 4 is 40.4 Å². The van der Waals surface area contributed by atoms with Crippen LogP contribution in [0.4, 0.5) is 11.4 Å². The van der Waals surface area contributed by atoms with Crippen LogP contribution >= 0.6 is 22.9 Å². The number of benzene rings is 2. The van der Waals surface area contributed by atoms with Gasteiger partial charge >= 0.3 is 0 Å². The Labute approximate surface area is 162 Å². The van der Waals surface area contributed by atoms with Crippen LogP contribution in [-0.4, -0.2) is 16.2 Å². The number of nitro benzene ring substituents is 1. The lowest BCUT2D eigenvalue weighted by atomic mass is 10.2. The molecular weight excluding hydrogens is 388 g/mol. The van der Waals surface area contributed by atoms with Crippen LogP contribution in [0.3, 0.4) is 0 Å². The average molecular weight is 401 g/mol. The van der Waals surface area contributed by atoms with Crippen molar-refractivity contribution in [3.05, 3.63) is 88.9 Å². The molecule has 0 saturated heterocycles. The van der Waals surface area contributed by atoms with Crippen molar-refractivity contribution in [1.82, 2.24) is 4.57 Å². The van der Waals surface area contributed by atoms with Crippen LogP contribution in [0.25, 0.3) is 6.08 Å². The second kappa shape index (κ2) is 6.98. The number of anilines is 1. The van der Waals surface area contributed by atoms with E-state index in [1.165, 1.54) is 23.5 Å². The molecule has 0 fully saturated rings. The monoisotopic (exact) mass is 400 g/mol. The largest absolute Gasteiger partial charge is 0.334 e. The first-order chi connectivity index (χ1) is 13.0. The number of aromatic nitrogens is 1. The number of nitrogens with zero attached hydrogens (tertiary/aromatic N) is 4. The lowest BCUT2D eigenvalue weighted by Crippen LogP contribution is -2.42. The number of halogens is 1. The molecule has 1 aliphatic heterocycles. The van der Waals surface area contributed by atoms with Crippen molar-refractivity contribution in [2.24, 2.45) is 4.99 Å². The summed E-state index contributed by atoms with van der Waals surface area (Å²) in [5.74, 6) is 0. The molecule has 27 heavy (non-hydrogen) atoms. The average Bonchev–Trinajstić information content (AvgIpc) is 2.99. The fourth-order valence-corrected chi connectivity index (χ4v) is 3.86. The molecule has 0 radical (unpaired) electrons. The second-order valence-electron chi connectivity index (χ2n) is 5.93. The van der Waals surface area contributed by atoms with Gasteiger partial charge in [0.25, 0.3) is 11.2 Å². The summed E-state index contributed by atoms with van der Waals surface area (Å²) in [4.78, 5) is 30.1. The summed E-state index contributed by atoms with van der Waals surface area (Å²) in [6.45, 7) is 0.735. The van der Waals surface area contributed by atoms with Crippen molar-refractivity contribution in [1.29, 1.82) is 0 Å². The van der Waals surface area contributed by atoms with Gasteiger partial charge in [0.2, 0.25) is 0 Å². The van der Waals surface area contributed by atoms with Crippen LogP contribution in [0.2, 0.25) is 5.02 Å². The predicted octanol–water partition coefficient (Wildman–Crippen LogP) is 2.36. The third kappa shape index (κ3) is 3.49. The molecule has 0 bridgehead atoms. The van der Waals surface area contributed by atoms with Crippen molar-refractivity contribution < 1.29 is 4.92 Å². The molecule has 0 saturated carbocycles. The fourth-order valence-electron chi connectivity index (χ4n) is 2.77. The van der Waals surface area contributed by atoms with Crippen LogP contribution in [0.1, 0.15) is 5.56 Å². The summed E-state index contributed by atoms with van der Waals surface area (Å²) in [5.41, 5.74) is 1.58. The Morgan fingerprint density at radius 1 is 1.15 bits per heavy atom. The van der Waals surface area contributed by atoms with E-state index in [0.29, 0.717) is 27.7 Å². The molecule has 2 aromatic carbocycles. The smallest absolute Gasteiger partial charge is 0.271 e. The highest BCUT2D eigenvalue weighted by molar-refractivity contribution is 7.07. The van der Waals surface area contributed by atoms with Gasteiger partial charge in [-0.1, -0.05) is 35.1 Å². The Hall–Kier alpha value is -2.97. The Balaban J connectivity index is 1.65. The summed E-state index contributed by atoms with van der Waals surface area (Å²) in [6.07, 6.45) is 1.82. The highest BCUT2D eigenvalue weighted by atomic mass is 35.5. The summed E-state index contributed by atoms with van der Waals surface area (Å²) in [6, 6.07) is 13.5. The molecule has 0 N–H and O–H groups in total. The molecule has 0 spiro atoms. The molecular formula is C18H13ClN4O3S. The van der Waals surface area contributed by atoms with Crippen LogP contribution in [0.15, 0.2) is 58.3 Å². The fraction of sp³-hybridized carbons (Fsp3) is 0.111. The third-order valence-corrected chi connectivity index (χ3v) is 5.47. The minimum absolute atomic E-state index is 0.0286. The third-order valence-electron chi connectivity index (χ3n) is 4.17. The van der Waals surface area contributed by atoms with E-state index in [2.05, 4.69) is 4.99 Å². The van der Waals surface area contributed by atoms with Crippen LogP contribution < -0.4 is 19.8 Å². The molecule has 9 heteroatoms. The van der Waals surface area contributed by atoms with E-state index in [-0.39, 0.29) is 11.2 Å². The number of rotatable bonds is 3. The molecule has 0 unspecified atom stereocenters.